The van der Waals surface area contributed by atoms with Gasteiger partial charge in [-0.25, -0.2) is 9.97 Å². The van der Waals surface area contributed by atoms with Crippen LogP contribution in [0.15, 0.2) is 58.2 Å². The number of hydrogen-bond donors (Lipinski definition) is 0. The van der Waals surface area contributed by atoms with Crippen molar-refractivity contribution in [1.82, 2.24) is 24.7 Å². The third-order valence-electron chi connectivity index (χ3n) is 3.61. The molecule has 112 valence electrons. The maximum absolute atomic E-state index is 12.5. The van der Waals surface area contributed by atoms with E-state index in [0.717, 1.165) is 5.39 Å². The minimum absolute atomic E-state index is 0.111. The van der Waals surface area contributed by atoms with Gasteiger partial charge in [-0.2, -0.15) is 4.98 Å². The molecule has 0 amide bonds. The first-order chi connectivity index (χ1) is 11.2. The molecule has 3 heterocycles. The minimum atomic E-state index is -0.111. The second-order valence-corrected chi connectivity index (χ2v) is 5.00. The molecule has 4 aromatic rings. The molecule has 0 saturated heterocycles. The van der Waals surface area contributed by atoms with Crippen LogP contribution in [0.3, 0.4) is 0 Å². The molecule has 0 N–H and O–H groups in total. The van der Waals surface area contributed by atoms with Gasteiger partial charge in [0, 0.05) is 18.6 Å². The Hall–Kier alpha value is -3.35. The maximum atomic E-state index is 12.5. The number of benzene rings is 1. The fraction of sp³-hybridized carbons (Fsp3) is 0.0625. The summed E-state index contributed by atoms with van der Waals surface area (Å²) in [5, 5.41) is 5.40. The summed E-state index contributed by atoms with van der Waals surface area (Å²) >= 11 is 0. The number of aromatic nitrogens is 5. The minimum Gasteiger partial charge on any atom is -0.332 e. The zero-order chi connectivity index (χ0) is 15.8. The summed E-state index contributed by atoms with van der Waals surface area (Å²) in [5.74, 6) is 0.618. The highest BCUT2D eigenvalue weighted by atomic mass is 16.5. The van der Waals surface area contributed by atoms with Crippen LogP contribution in [0.2, 0.25) is 0 Å². The number of rotatable bonds is 2. The van der Waals surface area contributed by atoms with Gasteiger partial charge in [0.25, 0.3) is 11.4 Å². The number of nitrogens with zero attached hydrogens (tertiary/aromatic N) is 5. The van der Waals surface area contributed by atoms with Crippen LogP contribution in [-0.4, -0.2) is 24.7 Å². The molecule has 0 unspecified atom stereocenters. The second-order valence-electron chi connectivity index (χ2n) is 5.00. The van der Waals surface area contributed by atoms with E-state index in [2.05, 4.69) is 20.1 Å². The van der Waals surface area contributed by atoms with Gasteiger partial charge in [0.1, 0.15) is 17.7 Å². The van der Waals surface area contributed by atoms with Crippen molar-refractivity contribution in [2.75, 3.05) is 0 Å². The molecule has 0 atom stereocenters. The van der Waals surface area contributed by atoms with Crippen LogP contribution < -0.4 is 5.56 Å². The van der Waals surface area contributed by atoms with Gasteiger partial charge >= 0.3 is 0 Å². The molecule has 23 heavy (non-hydrogen) atoms. The molecule has 0 radical (unpaired) electrons. The van der Waals surface area contributed by atoms with Crippen LogP contribution >= 0.6 is 0 Å². The van der Waals surface area contributed by atoms with Crippen LogP contribution in [0, 0.1) is 0 Å². The molecule has 0 bridgehead atoms. The molecular weight excluding hydrogens is 294 g/mol. The summed E-state index contributed by atoms with van der Waals surface area (Å²) in [4.78, 5) is 24.7. The fourth-order valence-corrected chi connectivity index (χ4v) is 2.41. The Morgan fingerprint density at radius 3 is 2.87 bits per heavy atom. The van der Waals surface area contributed by atoms with E-state index >= 15 is 0 Å². The highest BCUT2D eigenvalue weighted by Gasteiger charge is 2.15. The van der Waals surface area contributed by atoms with Crippen LogP contribution in [-0.2, 0) is 7.05 Å². The lowest BCUT2D eigenvalue weighted by molar-refractivity contribution is 0.429. The zero-order valence-electron chi connectivity index (χ0n) is 12.2. The topological polar surface area (TPSA) is 86.7 Å². The Morgan fingerprint density at radius 1 is 1.17 bits per heavy atom. The fourth-order valence-electron chi connectivity index (χ4n) is 2.41. The molecule has 7 nitrogen and oxygen atoms in total. The lowest BCUT2D eigenvalue weighted by atomic mass is 10.1. The van der Waals surface area contributed by atoms with Gasteiger partial charge in [-0.15, -0.1) is 0 Å². The highest BCUT2D eigenvalue weighted by molar-refractivity contribution is 5.84. The van der Waals surface area contributed by atoms with Gasteiger partial charge in [-0.1, -0.05) is 23.4 Å². The van der Waals surface area contributed by atoms with Crippen molar-refractivity contribution in [3.05, 3.63) is 59.3 Å². The van der Waals surface area contributed by atoms with E-state index in [0.29, 0.717) is 22.6 Å². The molecule has 3 aromatic heterocycles. The van der Waals surface area contributed by atoms with Crippen molar-refractivity contribution < 1.29 is 4.52 Å². The lowest BCUT2D eigenvalue weighted by Gasteiger charge is -2.06. The first-order valence-electron chi connectivity index (χ1n) is 6.93. The summed E-state index contributed by atoms with van der Waals surface area (Å²) in [6, 6.07) is 10.9. The van der Waals surface area contributed by atoms with E-state index in [1.54, 1.807) is 25.4 Å². The van der Waals surface area contributed by atoms with Crippen LogP contribution in [0.1, 0.15) is 0 Å². The summed E-state index contributed by atoms with van der Waals surface area (Å²) in [5.41, 5.74) is 1.00. The van der Waals surface area contributed by atoms with Crippen molar-refractivity contribution in [3.63, 3.8) is 0 Å². The Labute approximate surface area is 130 Å². The molecule has 0 aliphatic carbocycles. The molecule has 0 aliphatic rings. The first kappa shape index (κ1) is 13.3. The number of pyridine rings is 1. The van der Waals surface area contributed by atoms with Gasteiger partial charge in [0.15, 0.2) is 0 Å². The maximum Gasteiger partial charge on any atom is 0.275 e. The van der Waals surface area contributed by atoms with E-state index in [1.807, 2.05) is 24.3 Å². The van der Waals surface area contributed by atoms with E-state index < -0.39 is 0 Å². The number of fused-ring (bicyclic) bond motifs is 1. The molecule has 0 spiro atoms. The first-order valence-corrected chi connectivity index (χ1v) is 6.93. The van der Waals surface area contributed by atoms with Gasteiger partial charge in [-0.05, 0) is 23.6 Å². The van der Waals surface area contributed by atoms with Crippen molar-refractivity contribution in [2.45, 2.75) is 0 Å². The average molecular weight is 305 g/mol. The molecular formula is C16H11N5O2. The van der Waals surface area contributed by atoms with Crippen LogP contribution in [0.25, 0.3) is 33.9 Å². The second kappa shape index (κ2) is 5.13. The average Bonchev–Trinajstić information content (AvgIpc) is 3.09. The summed E-state index contributed by atoms with van der Waals surface area (Å²) in [6.07, 6.45) is 3.02. The molecule has 7 heteroatoms. The summed E-state index contributed by atoms with van der Waals surface area (Å²) < 4.78 is 6.81. The highest BCUT2D eigenvalue weighted by Crippen LogP contribution is 2.22. The zero-order valence-corrected chi connectivity index (χ0v) is 12.2. The SMILES string of the molecule is Cn1c(-c2nc(-c3ccncn3)no2)cc2ccccc2c1=O. The third kappa shape index (κ3) is 2.18. The van der Waals surface area contributed by atoms with Gasteiger partial charge in [0.05, 0.1) is 0 Å². The Balaban J connectivity index is 1.89. The van der Waals surface area contributed by atoms with E-state index in [4.69, 9.17) is 4.52 Å². The lowest BCUT2D eigenvalue weighted by Crippen LogP contribution is -2.18. The predicted molar refractivity (Wildman–Crippen MR) is 83.5 cm³/mol. The molecule has 0 fully saturated rings. The molecule has 4 rings (SSSR count). The molecule has 0 saturated carbocycles. The van der Waals surface area contributed by atoms with E-state index in [-0.39, 0.29) is 11.4 Å². The van der Waals surface area contributed by atoms with Crippen LogP contribution in [0.4, 0.5) is 0 Å². The largest absolute Gasteiger partial charge is 0.332 e. The third-order valence-corrected chi connectivity index (χ3v) is 3.61. The van der Waals surface area contributed by atoms with Gasteiger partial charge < -0.3 is 9.09 Å². The van der Waals surface area contributed by atoms with Crippen LogP contribution in [0.5, 0.6) is 0 Å². The quantitative estimate of drug-likeness (QED) is 0.563. The smallest absolute Gasteiger partial charge is 0.275 e. The summed E-state index contributed by atoms with van der Waals surface area (Å²) in [7, 11) is 1.68. The van der Waals surface area contributed by atoms with E-state index in [9.17, 15) is 4.79 Å². The van der Waals surface area contributed by atoms with E-state index in [1.165, 1.54) is 10.9 Å². The Kier molecular flexibility index (Phi) is 2.97. The molecule has 0 aliphatic heterocycles. The predicted octanol–water partition coefficient (Wildman–Crippen LogP) is 2.05. The number of hydrogen-bond acceptors (Lipinski definition) is 6. The molecule has 1 aromatic carbocycles. The monoisotopic (exact) mass is 305 g/mol. The van der Waals surface area contributed by atoms with Crippen molar-refractivity contribution in [1.29, 1.82) is 0 Å². The standard InChI is InChI=1S/C16H11N5O2/c1-21-13(8-10-4-2-3-5-11(10)16(21)22)15-19-14(20-23-15)12-6-7-17-9-18-12/h2-9H,1H3. The van der Waals surface area contributed by atoms with Crippen molar-refractivity contribution >= 4 is 10.8 Å². The Morgan fingerprint density at radius 2 is 2.04 bits per heavy atom. The van der Waals surface area contributed by atoms with Crippen molar-refractivity contribution in [3.8, 4) is 23.1 Å². The Bertz CT molecular complexity index is 1050. The van der Waals surface area contributed by atoms with Gasteiger partial charge in [0.2, 0.25) is 5.82 Å². The summed E-state index contributed by atoms with van der Waals surface area (Å²) in [6.45, 7) is 0. The van der Waals surface area contributed by atoms with Gasteiger partial charge in [-0.3, -0.25) is 4.79 Å². The van der Waals surface area contributed by atoms with Crippen molar-refractivity contribution in [2.24, 2.45) is 7.05 Å². The normalized spacial score (nSPS) is 11.0.